The third kappa shape index (κ3) is 2.79. The quantitative estimate of drug-likeness (QED) is 0.765. The molecule has 1 atom stereocenters. The van der Waals surface area contributed by atoms with E-state index in [1.165, 1.54) is 6.33 Å². The van der Waals surface area contributed by atoms with Gasteiger partial charge in [0.2, 0.25) is 0 Å². The molecular formula is C8H12N2OS. The Morgan fingerprint density at radius 2 is 2.17 bits per heavy atom. The van der Waals surface area contributed by atoms with Gasteiger partial charge >= 0.3 is 0 Å². The highest BCUT2D eigenvalue weighted by Crippen LogP contribution is 2.15. The molecule has 1 N–H and O–H groups in total. The standard InChI is InChI=1S/C8H12N2OS/c1-2-12-5-8(11)7-3-9-6-10-4-7/h3-4,6,8,11H,2,5H2,1H3. The molecule has 1 rings (SSSR count). The zero-order valence-corrected chi connectivity index (χ0v) is 7.79. The molecule has 4 heteroatoms. The topological polar surface area (TPSA) is 46.0 Å². The summed E-state index contributed by atoms with van der Waals surface area (Å²) >= 11 is 1.71. The largest absolute Gasteiger partial charge is 0.387 e. The smallest absolute Gasteiger partial charge is 0.115 e. The minimum absolute atomic E-state index is 0.434. The maximum absolute atomic E-state index is 9.55. The lowest BCUT2D eigenvalue weighted by Crippen LogP contribution is -2.01. The van der Waals surface area contributed by atoms with Crippen LogP contribution in [0.5, 0.6) is 0 Å². The third-order valence-corrected chi connectivity index (χ3v) is 2.40. The molecular weight excluding hydrogens is 172 g/mol. The molecule has 1 aromatic heterocycles. The van der Waals surface area contributed by atoms with Crippen molar-refractivity contribution in [3.8, 4) is 0 Å². The predicted molar refractivity (Wildman–Crippen MR) is 50.0 cm³/mol. The molecule has 0 radical (unpaired) electrons. The molecule has 0 aliphatic rings. The number of hydrogen-bond donors (Lipinski definition) is 1. The van der Waals surface area contributed by atoms with E-state index in [2.05, 4.69) is 16.9 Å². The lowest BCUT2D eigenvalue weighted by molar-refractivity contribution is 0.203. The van der Waals surface area contributed by atoms with Gasteiger partial charge in [-0.05, 0) is 5.75 Å². The molecule has 1 unspecified atom stereocenters. The van der Waals surface area contributed by atoms with Gasteiger partial charge in [-0.15, -0.1) is 0 Å². The first kappa shape index (κ1) is 9.48. The third-order valence-electron chi connectivity index (χ3n) is 1.45. The van der Waals surface area contributed by atoms with E-state index in [4.69, 9.17) is 0 Å². The van der Waals surface area contributed by atoms with Gasteiger partial charge < -0.3 is 5.11 Å². The summed E-state index contributed by atoms with van der Waals surface area (Å²) in [5.74, 6) is 1.73. The molecule has 0 aliphatic carbocycles. The summed E-state index contributed by atoms with van der Waals surface area (Å²) < 4.78 is 0. The van der Waals surface area contributed by atoms with E-state index < -0.39 is 6.10 Å². The molecule has 0 fully saturated rings. The Kier molecular flexibility index (Phi) is 4.04. The average Bonchev–Trinajstić information content (AvgIpc) is 2.15. The highest BCUT2D eigenvalue weighted by Gasteiger charge is 2.06. The molecule has 0 saturated carbocycles. The van der Waals surface area contributed by atoms with Crippen LogP contribution in [0.4, 0.5) is 0 Å². The molecule has 1 heterocycles. The number of nitrogens with zero attached hydrogens (tertiary/aromatic N) is 2. The summed E-state index contributed by atoms with van der Waals surface area (Å²) in [5, 5.41) is 9.55. The van der Waals surface area contributed by atoms with Crippen molar-refractivity contribution in [1.82, 2.24) is 9.97 Å². The van der Waals surface area contributed by atoms with Gasteiger partial charge in [-0.1, -0.05) is 6.92 Å². The molecule has 12 heavy (non-hydrogen) atoms. The highest BCUT2D eigenvalue weighted by atomic mass is 32.2. The predicted octanol–water partition coefficient (Wildman–Crippen LogP) is 1.26. The van der Waals surface area contributed by atoms with Crippen LogP contribution in [0.1, 0.15) is 18.6 Å². The Balaban J connectivity index is 2.48. The van der Waals surface area contributed by atoms with Crippen LogP contribution in [-0.2, 0) is 0 Å². The second-order valence-electron chi connectivity index (χ2n) is 2.35. The number of rotatable bonds is 4. The minimum Gasteiger partial charge on any atom is -0.387 e. The molecule has 0 spiro atoms. The Hall–Kier alpha value is -0.610. The van der Waals surface area contributed by atoms with Crippen molar-refractivity contribution >= 4 is 11.8 Å². The summed E-state index contributed by atoms with van der Waals surface area (Å²) in [6.45, 7) is 2.07. The fraction of sp³-hybridized carbons (Fsp3) is 0.500. The fourth-order valence-electron chi connectivity index (χ4n) is 0.808. The summed E-state index contributed by atoms with van der Waals surface area (Å²) in [6, 6.07) is 0. The number of hydrogen-bond acceptors (Lipinski definition) is 4. The van der Waals surface area contributed by atoms with Crippen molar-refractivity contribution < 1.29 is 5.11 Å². The second kappa shape index (κ2) is 5.11. The highest BCUT2D eigenvalue weighted by molar-refractivity contribution is 7.99. The lowest BCUT2D eigenvalue weighted by atomic mass is 10.2. The summed E-state index contributed by atoms with van der Waals surface area (Å²) in [5.41, 5.74) is 0.790. The van der Waals surface area contributed by atoms with E-state index in [0.717, 1.165) is 11.3 Å². The van der Waals surface area contributed by atoms with Gasteiger partial charge in [0.25, 0.3) is 0 Å². The van der Waals surface area contributed by atoms with Crippen LogP contribution in [0.15, 0.2) is 18.7 Å². The van der Waals surface area contributed by atoms with Crippen molar-refractivity contribution in [3.63, 3.8) is 0 Å². The SMILES string of the molecule is CCSCC(O)c1cncnc1. The zero-order chi connectivity index (χ0) is 8.81. The van der Waals surface area contributed by atoms with Crippen LogP contribution in [-0.4, -0.2) is 26.6 Å². The zero-order valence-electron chi connectivity index (χ0n) is 6.97. The Bertz CT molecular complexity index is 218. The van der Waals surface area contributed by atoms with Crippen LogP contribution in [0.25, 0.3) is 0 Å². The van der Waals surface area contributed by atoms with Gasteiger partial charge in [-0.3, -0.25) is 0 Å². The van der Waals surface area contributed by atoms with E-state index in [9.17, 15) is 5.11 Å². The minimum atomic E-state index is -0.434. The summed E-state index contributed by atoms with van der Waals surface area (Å²) in [4.78, 5) is 7.67. The molecule has 66 valence electrons. The summed E-state index contributed by atoms with van der Waals surface area (Å²) in [6.07, 6.45) is 4.32. The van der Waals surface area contributed by atoms with E-state index in [1.54, 1.807) is 24.2 Å². The van der Waals surface area contributed by atoms with Gasteiger partial charge in [0.05, 0.1) is 6.10 Å². The summed E-state index contributed by atoms with van der Waals surface area (Å²) in [7, 11) is 0. The van der Waals surface area contributed by atoms with Crippen molar-refractivity contribution in [2.45, 2.75) is 13.0 Å². The Morgan fingerprint density at radius 3 is 2.75 bits per heavy atom. The number of thioether (sulfide) groups is 1. The first-order valence-electron chi connectivity index (χ1n) is 3.85. The van der Waals surface area contributed by atoms with Gasteiger partial charge in [0.15, 0.2) is 0 Å². The van der Waals surface area contributed by atoms with Crippen molar-refractivity contribution in [1.29, 1.82) is 0 Å². The van der Waals surface area contributed by atoms with Crippen molar-refractivity contribution in [3.05, 3.63) is 24.3 Å². The second-order valence-corrected chi connectivity index (χ2v) is 3.67. The van der Waals surface area contributed by atoms with Crippen LogP contribution in [0.3, 0.4) is 0 Å². The molecule has 1 aromatic rings. The number of aromatic nitrogens is 2. The van der Waals surface area contributed by atoms with Crippen LogP contribution in [0, 0.1) is 0 Å². The van der Waals surface area contributed by atoms with E-state index in [1.807, 2.05) is 0 Å². The molecule has 0 aliphatic heterocycles. The molecule has 0 saturated heterocycles. The number of aliphatic hydroxyl groups excluding tert-OH is 1. The first-order valence-corrected chi connectivity index (χ1v) is 5.00. The van der Waals surface area contributed by atoms with E-state index in [-0.39, 0.29) is 0 Å². The van der Waals surface area contributed by atoms with Crippen molar-refractivity contribution in [2.24, 2.45) is 0 Å². The van der Waals surface area contributed by atoms with Gasteiger partial charge in [-0.25, -0.2) is 9.97 Å². The fourth-order valence-corrected chi connectivity index (χ4v) is 1.46. The van der Waals surface area contributed by atoms with Crippen LogP contribution >= 0.6 is 11.8 Å². The lowest BCUT2D eigenvalue weighted by Gasteiger charge is -2.07. The number of aliphatic hydroxyl groups is 1. The normalized spacial score (nSPS) is 12.8. The molecule has 3 nitrogen and oxygen atoms in total. The van der Waals surface area contributed by atoms with Gasteiger partial charge in [-0.2, -0.15) is 11.8 Å². The van der Waals surface area contributed by atoms with Crippen LogP contribution < -0.4 is 0 Å². The van der Waals surface area contributed by atoms with Crippen molar-refractivity contribution in [2.75, 3.05) is 11.5 Å². The molecule has 0 bridgehead atoms. The van der Waals surface area contributed by atoms with Gasteiger partial charge in [0.1, 0.15) is 6.33 Å². The Morgan fingerprint density at radius 1 is 1.50 bits per heavy atom. The van der Waals surface area contributed by atoms with E-state index >= 15 is 0 Å². The maximum Gasteiger partial charge on any atom is 0.115 e. The molecule has 0 aromatic carbocycles. The first-order chi connectivity index (χ1) is 5.84. The van der Waals surface area contributed by atoms with E-state index in [0.29, 0.717) is 5.75 Å². The Labute approximate surface area is 76.2 Å². The monoisotopic (exact) mass is 184 g/mol. The van der Waals surface area contributed by atoms with Gasteiger partial charge in [0, 0.05) is 23.7 Å². The average molecular weight is 184 g/mol. The molecule has 0 amide bonds. The maximum atomic E-state index is 9.55. The van der Waals surface area contributed by atoms with Crippen LogP contribution in [0.2, 0.25) is 0 Å².